The molecule has 0 saturated heterocycles. The maximum atomic E-state index is 12.8. The van der Waals surface area contributed by atoms with Crippen LogP contribution >= 0.6 is 0 Å². The first kappa shape index (κ1) is 16.7. The summed E-state index contributed by atoms with van der Waals surface area (Å²) in [5, 5.41) is 23.4. The lowest BCUT2D eigenvalue weighted by molar-refractivity contribution is -0.113. The molecule has 2 atom stereocenters. The molecule has 3 rings (SSSR count). The van der Waals surface area contributed by atoms with E-state index in [-0.39, 0.29) is 28.3 Å². The van der Waals surface area contributed by atoms with Crippen molar-refractivity contribution in [3.63, 3.8) is 0 Å². The van der Waals surface area contributed by atoms with E-state index in [1.54, 1.807) is 0 Å². The Labute approximate surface area is 143 Å². The molecule has 1 aromatic rings. The van der Waals surface area contributed by atoms with Gasteiger partial charge in [0.1, 0.15) is 12.0 Å². The normalized spacial score (nSPS) is 22.1. The quantitative estimate of drug-likeness (QED) is 0.358. The van der Waals surface area contributed by atoms with E-state index in [0.29, 0.717) is 12.0 Å². The molecule has 0 bridgehead atoms. The SMILES string of the molecule is CC(=O)c1ccc2c(c1O)N[C@@H](O)C1CC(/C=C/C(N)=O)=CN1C2=O. The number of aromatic hydroxyl groups is 1. The largest absolute Gasteiger partial charge is 0.505 e. The van der Waals surface area contributed by atoms with Crippen molar-refractivity contribution < 1.29 is 24.6 Å². The number of amides is 2. The lowest BCUT2D eigenvalue weighted by Gasteiger charge is -2.24. The van der Waals surface area contributed by atoms with Crippen molar-refractivity contribution in [3.05, 3.63) is 47.2 Å². The summed E-state index contributed by atoms with van der Waals surface area (Å²) in [7, 11) is 0. The van der Waals surface area contributed by atoms with E-state index in [0.717, 1.165) is 0 Å². The molecule has 2 aliphatic heterocycles. The third-order valence-corrected chi connectivity index (χ3v) is 4.25. The van der Waals surface area contributed by atoms with Crippen molar-refractivity contribution in [1.29, 1.82) is 0 Å². The Hall–Kier alpha value is -3.13. The summed E-state index contributed by atoms with van der Waals surface area (Å²) in [6, 6.07) is 2.19. The molecule has 0 aromatic heterocycles. The Morgan fingerprint density at radius 2 is 2.12 bits per heavy atom. The molecule has 8 heteroatoms. The number of rotatable bonds is 3. The van der Waals surface area contributed by atoms with Crippen LogP contribution in [-0.2, 0) is 4.79 Å². The molecular weight excluding hydrogens is 326 g/mol. The minimum absolute atomic E-state index is 0.0298. The lowest BCUT2D eigenvalue weighted by atomic mass is 10.0. The van der Waals surface area contributed by atoms with Gasteiger partial charge in [0.25, 0.3) is 5.91 Å². The molecule has 0 spiro atoms. The molecular formula is C17H17N3O5. The summed E-state index contributed by atoms with van der Waals surface area (Å²) < 4.78 is 0. The molecule has 1 unspecified atom stereocenters. The van der Waals surface area contributed by atoms with Crippen molar-refractivity contribution in [2.75, 3.05) is 5.32 Å². The molecule has 2 aliphatic rings. The van der Waals surface area contributed by atoms with Gasteiger partial charge >= 0.3 is 0 Å². The van der Waals surface area contributed by atoms with Crippen LogP contribution in [0.5, 0.6) is 5.75 Å². The van der Waals surface area contributed by atoms with Crippen molar-refractivity contribution >= 4 is 23.3 Å². The first-order chi connectivity index (χ1) is 11.8. The average molecular weight is 343 g/mol. The number of phenols is 1. The first-order valence-corrected chi connectivity index (χ1v) is 7.62. The number of allylic oxidation sites excluding steroid dienone is 1. The third-order valence-electron chi connectivity index (χ3n) is 4.25. The molecule has 8 nitrogen and oxygen atoms in total. The fourth-order valence-electron chi connectivity index (χ4n) is 3.02. The molecule has 5 N–H and O–H groups in total. The van der Waals surface area contributed by atoms with Gasteiger partial charge < -0.3 is 26.2 Å². The van der Waals surface area contributed by atoms with E-state index in [9.17, 15) is 24.6 Å². The van der Waals surface area contributed by atoms with Gasteiger partial charge in [-0.05, 0) is 31.1 Å². The molecule has 130 valence electrons. The molecule has 0 saturated carbocycles. The van der Waals surface area contributed by atoms with Crippen LogP contribution in [0.1, 0.15) is 34.1 Å². The van der Waals surface area contributed by atoms with Crippen molar-refractivity contribution in [2.45, 2.75) is 25.6 Å². The number of phenolic OH excluding ortho intramolecular Hbond substituents is 1. The van der Waals surface area contributed by atoms with Crippen LogP contribution in [0.3, 0.4) is 0 Å². The summed E-state index contributed by atoms with van der Waals surface area (Å²) in [6.07, 6.45) is 3.34. The third kappa shape index (κ3) is 2.87. The Morgan fingerprint density at radius 3 is 2.76 bits per heavy atom. The van der Waals surface area contributed by atoms with Gasteiger partial charge in [-0.1, -0.05) is 6.08 Å². The number of ketones is 1. The molecule has 2 amide bonds. The van der Waals surface area contributed by atoms with E-state index in [4.69, 9.17) is 5.73 Å². The van der Waals surface area contributed by atoms with E-state index in [1.165, 1.54) is 42.3 Å². The topological polar surface area (TPSA) is 133 Å². The number of Topliss-reactive ketones (excluding diaryl/α,β-unsaturated/α-hetero) is 1. The van der Waals surface area contributed by atoms with Crippen LogP contribution in [-0.4, -0.2) is 45.0 Å². The number of carbonyl (C=O) groups is 3. The number of hydrogen-bond donors (Lipinski definition) is 4. The molecule has 25 heavy (non-hydrogen) atoms. The summed E-state index contributed by atoms with van der Waals surface area (Å²) in [6.45, 7) is 1.30. The minimum Gasteiger partial charge on any atom is -0.505 e. The highest BCUT2D eigenvalue weighted by Gasteiger charge is 2.39. The van der Waals surface area contributed by atoms with E-state index >= 15 is 0 Å². The number of primary amides is 1. The summed E-state index contributed by atoms with van der Waals surface area (Å²) >= 11 is 0. The fraction of sp³-hybridized carbons (Fsp3) is 0.235. The lowest BCUT2D eigenvalue weighted by Crippen LogP contribution is -2.42. The van der Waals surface area contributed by atoms with Crippen LogP contribution in [0.25, 0.3) is 0 Å². The highest BCUT2D eigenvalue weighted by atomic mass is 16.3. The Kier molecular flexibility index (Phi) is 4.05. The van der Waals surface area contributed by atoms with Crippen LogP contribution < -0.4 is 11.1 Å². The van der Waals surface area contributed by atoms with E-state index in [1.807, 2.05) is 0 Å². The second-order valence-corrected chi connectivity index (χ2v) is 5.95. The fourth-order valence-corrected chi connectivity index (χ4v) is 3.02. The predicted octanol–water partition coefficient (Wildman–Crippen LogP) is 0.479. The second kappa shape index (κ2) is 6.06. The molecule has 0 radical (unpaired) electrons. The molecule has 0 aliphatic carbocycles. The van der Waals surface area contributed by atoms with Crippen molar-refractivity contribution in [1.82, 2.24) is 4.90 Å². The number of anilines is 1. The number of hydrogen-bond acceptors (Lipinski definition) is 6. The van der Waals surface area contributed by atoms with Gasteiger partial charge in [-0.25, -0.2) is 0 Å². The van der Waals surface area contributed by atoms with Gasteiger partial charge in [0, 0.05) is 12.3 Å². The van der Waals surface area contributed by atoms with Crippen molar-refractivity contribution in [2.24, 2.45) is 5.73 Å². The first-order valence-electron chi connectivity index (χ1n) is 7.62. The minimum atomic E-state index is -1.17. The van der Waals surface area contributed by atoms with Crippen molar-refractivity contribution in [3.8, 4) is 5.75 Å². The Morgan fingerprint density at radius 1 is 1.40 bits per heavy atom. The number of benzene rings is 1. The number of aliphatic hydroxyl groups is 1. The number of aliphatic hydroxyl groups excluding tert-OH is 1. The van der Waals surface area contributed by atoms with Gasteiger partial charge in [-0.3, -0.25) is 14.4 Å². The molecule has 0 fully saturated rings. The average Bonchev–Trinajstić information content (AvgIpc) is 2.94. The number of carbonyl (C=O) groups excluding carboxylic acids is 3. The van der Waals surface area contributed by atoms with Gasteiger partial charge in [0.15, 0.2) is 5.78 Å². The summed E-state index contributed by atoms with van der Waals surface area (Å²) in [5.74, 6) is -1.76. The Bertz CT molecular complexity index is 843. The van der Waals surface area contributed by atoms with Gasteiger partial charge in [0.05, 0.1) is 22.9 Å². The number of nitrogens with two attached hydrogens (primary N) is 1. The highest BCUT2D eigenvalue weighted by molar-refractivity contribution is 6.06. The van der Waals surface area contributed by atoms with Gasteiger partial charge in [0.2, 0.25) is 5.91 Å². The Balaban J connectivity index is 2.03. The number of fused-ring (bicyclic) bond motifs is 2. The predicted molar refractivity (Wildman–Crippen MR) is 88.7 cm³/mol. The van der Waals surface area contributed by atoms with Crippen LogP contribution in [0.15, 0.2) is 36.1 Å². The van der Waals surface area contributed by atoms with Crippen LogP contribution in [0, 0.1) is 0 Å². The monoisotopic (exact) mass is 343 g/mol. The van der Waals surface area contributed by atoms with E-state index < -0.39 is 24.1 Å². The smallest absolute Gasteiger partial charge is 0.260 e. The zero-order chi connectivity index (χ0) is 18.3. The number of nitrogens with one attached hydrogen (secondary N) is 1. The van der Waals surface area contributed by atoms with Gasteiger partial charge in [-0.15, -0.1) is 0 Å². The number of nitrogens with zero attached hydrogens (tertiary/aromatic N) is 1. The maximum Gasteiger partial charge on any atom is 0.260 e. The zero-order valence-electron chi connectivity index (χ0n) is 13.4. The van der Waals surface area contributed by atoms with Crippen LogP contribution in [0.4, 0.5) is 5.69 Å². The standard InChI is InChI=1S/C17H17N3O5/c1-8(21)10-3-4-11-14(15(10)23)19-16(24)12-6-9(2-5-13(18)22)7-20(12)17(11)25/h2-5,7,12,16,19,23-24H,6H2,1H3,(H2,18,22)/b5-2+/t12?,16-/m0/s1. The highest BCUT2D eigenvalue weighted by Crippen LogP contribution is 2.38. The van der Waals surface area contributed by atoms with E-state index in [2.05, 4.69) is 5.32 Å². The molecule has 2 heterocycles. The van der Waals surface area contributed by atoms with Crippen LogP contribution in [0.2, 0.25) is 0 Å². The summed E-state index contributed by atoms with van der Waals surface area (Å²) in [4.78, 5) is 36.6. The zero-order valence-corrected chi connectivity index (χ0v) is 13.4. The molecule has 1 aromatic carbocycles. The second-order valence-electron chi connectivity index (χ2n) is 5.95. The maximum absolute atomic E-state index is 12.8. The van der Waals surface area contributed by atoms with Gasteiger partial charge in [-0.2, -0.15) is 0 Å². The summed E-state index contributed by atoms with van der Waals surface area (Å²) in [5.41, 5.74) is 5.96.